The van der Waals surface area contributed by atoms with E-state index in [0.717, 1.165) is 6.07 Å². The van der Waals surface area contributed by atoms with Crippen molar-refractivity contribution in [3.8, 4) is 18.1 Å². The lowest BCUT2D eigenvalue weighted by Gasteiger charge is -2.09. The fraction of sp³-hybridized carbons (Fsp3) is 0.333. The van der Waals surface area contributed by atoms with Gasteiger partial charge in [0.1, 0.15) is 0 Å². The van der Waals surface area contributed by atoms with E-state index in [1.165, 1.54) is 24.9 Å². The highest BCUT2D eigenvalue weighted by molar-refractivity contribution is 7.99. The van der Waals surface area contributed by atoms with Crippen LogP contribution in [0.5, 0.6) is 5.75 Å². The summed E-state index contributed by atoms with van der Waals surface area (Å²) in [5, 5.41) is 13.5. The van der Waals surface area contributed by atoms with Gasteiger partial charge in [0.2, 0.25) is 0 Å². The summed E-state index contributed by atoms with van der Waals surface area (Å²) in [5.74, 6) is 3.12. The first-order valence-corrected chi connectivity index (χ1v) is 6.52. The highest BCUT2D eigenvalue weighted by Gasteiger charge is 2.18. The monoisotopic (exact) mass is 284 g/mol. The first kappa shape index (κ1) is 15.1. The van der Waals surface area contributed by atoms with Crippen LogP contribution in [0.1, 0.15) is 0 Å². The van der Waals surface area contributed by atoms with Crippen molar-refractivity contribution in [1.29, 1.82) is 0 Å². The van der Waals surface area contributed by atoms with E-state index in [2.05, 4.69) is 11.2 Å². The Morgan fingerprint density at radius 1 is 1.63 bits per heavy atom. The van der Waals surface area contributed by atoms with Crippen LogP contribution in [0.25, 0.3) is 0 Å². The molecule has 0 heterocycles. The zero-order valence-corrected chi connectivity index (χ0v) is 11.1. The molecule has 0 aliphatic heterocycles. The number of hydrogen-bond donors (Lipinski definition) is 1. The summed E-state index contributed by atoms with van der Waals surface area (Å²) >= 11 is 1.54. The van der Waals surface area contributed by atoms with Gasteiger partial charge in [0.05, 0.1) is 29.5 Å². The average Bonchev–Trinajstić information content (AvgIpc) is 2.39. The van der Waals surface area contributed by atoms with E-state index in [1.54, 1.807) is 0 Å². The number of benzene rings is 1. The first-order valence-electron chi connectivity index (χ1n) is 5.37. The van der Waals surface area contributed by atoms with Gasteiger partial charge in [-0.2, -0.15) is 0 Å². The molecule has 0 aliphatic rings. The number of anilines is 1. The van der Waals surface area contributed by atoms with E-state index in [0.29, 0.717) is 18.1 Å². The quantitative estimate of drug-likeness (QED) is 0.361. The Morgan fingerprint density at radius 2 is 2.37 bits per heavy atom. The molecule has 0 atom stereocenters. The van der Waals surface area contributed by atoms with Gasteiger partial charge in [0.15, 0.2) is 11.6 Å². The molecule has 1 aromatic carbocycles. The van der Waals surface area contributed by atoms with Crippen LogP contribution >= 0.6 is 11.8 Å². The normalized spacial score (nSPS) is 9.74. The van der Waals surface area contributed by atoms with Crippen molar-refractivity contribution >= 4 is 23.1 Å². The first-order chi connectivity index (χ1) is 9.10. The number of methoxy groups -OCH3 is 1. The molecule has 102 valence electrons. The lowest BCUT2D eigenvalue weighted by Crippen LogP contribution is -2.07. The second kappa shape index (κ2) is 7.48. The largest absolute Gasteiger partial charge is 0.490 e. The molecule has 1 aromatic rings. The van der Waals surface area contributed by atoms with Crippen molar-refractivity contribution in [3.05, 3.63) is 28.1 Å². The lowest BCUT2D eigenvalue weighted by molar-refractivity contribution is -0.385. The number of nitrogens with one attached hydrogen (secondary N) is 1. The molecule has 5 nitrogen and oxygen atoms in total. The number of halogens is 1. The van der Waals surface area contributed by atoms with Gasteiger partial charge >= 0.3 is 5.69 Å². The highest BCUT2D eigenvalue weighted by Crippen LogP contribution is 2.32. The zero-order chi connectivity index (χ0) is 14.3. The fourth-order valence-corrected chi connectivity index (χ4v) is 1.88. The topological polar surface area (TPSA) is 64.4 Å². The molecule has 0 aliphatic carbocycles. The molecule has 0 saturated heterocycles. The van der Waals surface area contributed by atoms with Crippen LogP contribution in [0.4, 0.5) is 15.8 Å². The van der Waals surface area contributed by atoms with E-state index < -0.39 is 16.4 Å². The number of terminal acetylenes is 1. The second-order valence-corrected chi connectivity index (χ2v) is 4.55. The molecular weight excluding hydrogens is 271 g/mol. The van der Waals surface area contributed by atoms with Crippen LogP contribution in [0.2, 0.25) is 0 Å². The van der Waals surface area contributed by atoms with E-state index in [1.807, 2.05) is 0 Å². The molecule has 0 saturated carbocycles. The third-order valence-corrected chi connectivity index (χ3v) is 3.08. The Morgan fingerprint density at radius 3 is 2.95 bits per heavy atom. The number of nitro benzene ring substituents is 1. The van der Waals surface area contributed by atoms with Crippen molar-refractivity contribution in [2.24, 2.45) is 0 Å². The minimum atomic E-state index is -0.686. The molecule has 0 bridgehead atoms. The number of nitrogens with zero attached hydrogens (tertiary/aromatic N) is 1. The molecule has 0 aromatic heterocycles. The molecule has 1 N–H and O–H groups in total. The molecule has 0 unspecified atom stereocenters. The Kier molecular flexibility index (Phi) is 5.96. The highest BCUT2D eigenvalue weighted by atomic mass is 32.2. The summed E-state index contributed by atoms with van der Waals surface area (Å²) in [6.07, 6.45) is 5.10. The summed E-state index contributed by atoms with van der Waals surface area (Å²) in [7, 11) is 1.30. The molecule has 0 spiro atoms. The van der Waals surface area contributed by atoms with Crippen molar-refractivity contribution in [3.63, 3.8) is 0 Å². The van der Waals surface area contributed by atoms with Crippen LogP contribution in [0, 0.1) is 28.3 Å². The van der Waals surface area contributed by atoms with Crippen molar-refractivity contribution in [2.75, 3.05) is 30.5 Å². The Bertz CT molecular complexity index is 502. The Hall–Kier alpha value is -1.94. The van der Waals surface area contributed by atoms with E-state index >= 15 is 0 Å². The van der Waals surface area contributed by atoms with E-state index in [4.69, 9.17) is 11.2 Å². The summed E-state index contributed by atoms with van der Waals surface area (Å²) in [6.45, 7) is 0.504. The number of hydrogen-bond acceptors (Lipinski definition) is 5. The molecule has 7 heteroatoms. The standard InChI is InChI=1S/C12H13FN2O3S/c1-3-5-19-6-4-14-10-8-12(18-2)11(15(16)17)7-9(10)13/h1,7-8,14H,4-6H2,2H3. The third-order valence-electron chi connectivity index (χ3n) is 2.21. The van der Waals surface area contributed by atoms with Gasteiger partial charge in [-0.05, 0) is 0 Å². The third kappa shape index (κ3) is 4.34. The summed E-state index contributed by atoms with van der Waals surface area (Å²) in [6, 6.07) is 2.12. The smallest absolute Gasteiger partial charge is 0.313 e. The molecule has 0 fully saturated rings. The molecule has 19 heavy (non-hydrogen) atoms. The van der Waals surface area contributed by atoms with Gasteiger partial charge in [-0.15, -0.1) is 18.2 Å². The van der Waals surface area contributed by atoms with Crippen LogP contribution < -0.4 is 10.1 Å². The van der Waals surface area contributed by atoms with Crippen molar-refractivity contribution in [1.82, 2.24) is 0 Å². The van der Waals surface area contributed by atoms with Crippen LogP contribution in [-0.4, -0.2) is 30.1 Å². The molecule has 0 amide bonds. The van der Waals surface area contributed by atoms with Crippen LogP contribution in [-0.2, 0) is 0 Å². The van der Waals surface area contributed by atoms with Crippen LogP contribution in [0.3, 0.4) is 0 Å². The Balaban J connectivity index is 2.74. The number of thioether (sulfide) groups is 1. The van der Waals surface area contributed by atoms with E-state index in [9.17, 15) is 14.5 Å². The van der Waals surface area contributed by atoms with Gasteiger partial charge in [-0.3, -0.25) is 10.1 Å². The van der Waals surface area contributed by atoms with Crippen LogP contribution in [0.15, 0.2) is 12.1 Å². The second-order valence-electron chi connectivity index (χ2n) is 3.44. The fourth-order valence-electron chi connectivity index (χ4n) is 1.37. The van der Waals surface area contributed by atoms with E-state index in [-0.39, 0.29) is 11.4 Å². The predicted octanol–water partition coefficient (Wildman–Crippen LogP) is 2.52. The maximum Gasteiger partial charge on any atom is 0.313 e. The van der Waals surface area contributed by atoms with Gasteiger partial charge in [-0.1, -0.05) is 5.92 Å². The maximum absolute atomic E-state index is 13.6. The lowest BCUT2D eigenvalue weighted by atomic mass is 10.2. The summed E-state index contributed by atoms with van der Waals surface area (Å²) < 4.78 is 18.5. The molecule has 1 rings (SSSR count). The minimum Gasteiger partial charge on any atom is -0.490 e. The van der Waals surface area contributed by atoms with Crippen molar-refractivity contribution in [2.45, 2.75) is 0 Å². The van der Waals surface area contributed by atoms with Gasteiger partial charge < -0.3 is 10.1 Å². The summed E-state index contributed by atoms with van der Waals surface area (Å²) in [4.78, 5) is 10.0. The number of ether oxygens (including phenoxy) is 1. The number of rotatable bonds is 7. The number of nitro groups is 1. The average molecular weight is 284 g/mol. The molecule has 0 radical (unpaired) electrons. The Labute approximate surface area is 114 Å². The summed E-state index contributed by atoms with van der Waals surface area (Å²) in [5.41, 5.74) is -0.226. The van der Waals surface area contributed by atoms with Gasteiger partial charge in [0.25, 0.3) is 0 Å². The maximum atomic E-state index is 13.6. The zero-order valence-electron chi connectivity index (χ0n) is 10.3. The predicted molar refractivity (Wildman–Crippen MR) is 74.3 cm³/mol. The van der Waals surface area contributed by atoms with Crippen molar-refractivity contribution < 1.29 is 14.1 Å². The minimum absolute atomic E-state index is 0.0187. The molecular formula is C12H13FN2O3S. The SMILES string of the molecule is C#CCSCCNc1cc(OC)c([N+](=O)[O-])cc1F. The van der Waals surface area contributed by atoms with Gasteiger partial charge in [-0.25, -0.2) is 4.39 Å². The van der Waals surface area contributed by atoms with Gasteiger partial charge in [0, 0.05) is 18.4 Å².